The van der Waals surface area contributed by atoms with Gasteiger partial charge < -0.3 is 4.57 Å². The van der Waals surface area contributed by atoms with Gasteiger partial charge in [-0.3, -0.25) is 0 Å². The minimum absolute atomic E-state index is 0. The van der Waals surface area contributed by atoms with E-state index in [0.717, 1.165) is 24.3 Å². The number of imidazole rings is 1. The first-order valence-electron chi connectivity index (χ1n) is 6.47. The topological polar surface area (TPSA) is 17.8 Å². The van der Waals surface area contributed by atoms with E-state index in [1.54, 1.807) is 0 Å². The Hall–Kier alpha value is -2.06. The van der Waals surface area contributed by atoms with E-state index < -0.39 is 0 Å². The maximum absolute atomic E-state index is 4.74. The molecule has 0 fully saturated rings. The number of hydrogen-bond acceptors (Lipinski definition) is 1. The van der Waals surface area contributed by atoms with E-state index in [1.807, 2.05) is 18.2 Å². The lowest BCUT2D eigenvalue weighted by molar-refractivity contribution is 0.780. The van der Waals surface area contributed by atoms with Crippen LogP contribution in [0.2, 0.25) is 0 Å². The van der Waals surface area contributed by atoms with Crippen molar-refractivity contribution < 1.29 is 0 Å². The van der Waals surface area contributed by atoms with Crippen molar-refractivity contribution in [2.45, 2.75) is 13.0 Å². The highest BCUT2D eigenvalue weighted by atomic mass is 35.5. The Morgan fingerprint density at radius 3 is 2.45 bits per heavy atom. The summed E-state index contributed by atoms with van der Waals surface area (Å²) >= 11 is 0. The molecule has 0 saturated heterocycles. The third-order valence-corrected chi connectivity index (χ3v) is 3.25. The van der Waals surface area contributed by atoms with Crippen LogP contribution < -0.4 is 0 Å². The molecule has 3 heteroatoms. The second-order valence-corrected chi connectivity index (χ2v) is 4.58. The minimum Gasteiger partial charge on any atom is -0.324 e. The molecule has 1 heterocycles. The quantitative estimate of drug-likeness (QED) is 0.656. The van der Waals surface area contributed by atoms with Crippen molar-refractivity contribution in [1.82, 2.24) is 9.55 Å². The number of allylic oxidation sites excluding steroid dienone is 1. The Kier molecular flexibility index (Phi) is 4.59. The number of aromatic nitrogens is 2. The second-order valence-electron chi connectivity index (χ2n) is 4.58. The molecule has 0 radical (unpaired) electrons. The fraction of sp³-hybridized carbons (Fsp3) is 0.118. The second kappa shape index (κ2) is 6.40. The maximum atomic E-state index is 4.74. The van der Waals surface area contributed by atoms with E-state index in [0.29, 0.717) is 0 Å². The molecule has 3 aromatic rings. The normalized spacial score (nSPS) is 10.2. The molecule has 102 valence electrons. The van der Waals surface area contributed by atoms with Crippen LogP contribution >= 0.6 is 12.4 Å². The summed E-state index contributed by atoms with van der Waals surface area (Å²) in [7, 11) is 0. The largest absolute Gasteiger partial charge is 0.324 e. The predicted molar refractivity (Wildman–Crippen MR) is 86.4 cm³/mol. The first kappa shape index (κ1) is 14.4. The van der Waals surface area contributed by atoms with Gasteiger partial charge in [-0.15, -0.1) is 19.0 Å². The number of benzene rings is 2. The molecule has 0 aliphatic carbocycles. The summed E-state index contributed by atoms with van der Waals surface area (Å²) in [6, 6.07) is 18.7. The summed E-state index contributed by atoms with van der Waals surface area (Å²) in [6.45, 7) is 4.64. The van der Waals surface area contributed by atoms with E-state index in [4.69, 9.17) is 4.98 Å². The van der Waals surface area contributed by atoms with Crippen LogP contribution in [0.25, 0.3) is 11.0 Å². The Morgan fingerprint density at radius 2 is 1.70 bits per heavy atom. The fourth-order valence-corrected chi connectivity index (χ4v) is 2.37. The van der Waals surface area contributed by atoms with Gasteiger partial charge in [0.05, 0.1) is 11.0 Å². The van der Waals surface area contributed by atoms with E-state index >= 15 is 0 Å². The highest BCUT2D eigenvalue weighted by Gasteiger charge is 2.09. The zero-order chi connectivity index (χ0) is 13.1. The summed E-state index contributed by atoms with van der Waals surface area (Å²) in [5.41, 5.74) is 3.51. The van der Waals surface area contributed by atoms with Gasteiger partial charge in [0.15, 0.2) is 0 Å². The predicted octanol–water partition coefficient (Wildman–Crippen LogP) is 4.23. The molecule has 0 bridgehead atoms. The van der Waals surface area contributed by atoms with Gasteiger partial charge >= 0.3 is 0 Å². The van der Waals surface area contributed by atoms with Crippen LogP contribution in [0.1, 0.15) is 11.4 Å². The molecule has 0 aliphatic rings. The molecule has 1 aromatic heterocycles. The minimum atomic E-state index is 0. The average Bonchev–Trinajstić information content (AvgIpc) is 2.79. The molecule has 3 rings (SSSR count). The summed E-state index contributed by atoms with van der Waals surface area (Å²) in [4.78, 5) is 4.74. The highest BCUT2D eigenvalue weighted by Crippen LogP contribution is 2.18. The molecular weight excluding hydrogens is 268 g/mol. The molecule has 2 nitrogen and oxygen atoms in total. The summed E-state index contributed by atoms with van der Waals surface area (Å²) in [6.07, 6.45) is 2.77. The summed E-state index contributed by atoms with van der Waals surface area (Å²) in [5, 5.41) is 0. The zero-order valence-electron chi connectivity index (χ0n) is 11.2. The van der Waals surface area contributed by atoms with Crippen LogP contribution in [0.4, 0.5) is 0 Å². The Labute approximate surface area is 125 Å². The number of rotatable bonds is 4. The van der Waals surface area contributed by atoms with Gasteiger partial charge in [0.2, 0.25) is 0 Å². The molecular formula is C17H17ClN2. The van der Waals surface area contributed by atoms with Gasteiger partial charge in [-0.05, 0) is 17.7 Å². The van der Waals surface area contributed by atoms with Gasteiger partial charge in [-0.25, -0.2) is 4.98 Å². The molecule has 0 saturated carbocycles. The van der Waals surface area contributed by atoms with Crippen LogP contribution in [-0.2, 0) is 13.0 Å². The SMILES string of the molecule is C=CCn1c(Cc2ccccc2)nc2ccccc21.Cl. The molecule has 0 unspecified atom stereocenters. The molecule has 0 amide bonds. The van der Waals surface area contributed by atoms with E-state index in [2.05, 4.69) is 53.6 Å². The van der Waals surface area contributed by atoms with E-state index in [-0.39, 0.29) is 12.4 Å². The lowest BCUT2D eigenvalue weighted by Crippen LogP contribution is -2.03. The monoisotopic (exact) mass is 284 g/mol. The average molecular weight is 285 g/mol. The summed E-state index contributed by atoms with van der Waals surface area (Å²) < 4.78 is 2.23. The summed E-state index contributed by atoms with van der Waals surface area (Å²) in [5.74, 6) is 1.09. The number of para-hydroxylation sites is 2. The van der Waals surface area contributed by atoms with Gasteiger partial charge in [-0.1, -0.05) is 48.5 Å². The number of nitrogens with zero attached hydrogens (tertiary/aromatic N) is 2. The smallest absolute Gasteiger partial charge is 0.114 e. The zero-order valence-corrected chi connectivity index (χ0v) is 12.0. The Morgan fingerprint density at radius 1 is 1.00 bits per heavy atom. The van der Waals surface area contributed by atoms with Crippen molar-refractivity contribution in [3.8, 4) is 0 Å². The van der Waals surface area contributed by atoms with Crippen molar-refractivity contribution >= 4 is 23.4 Å². The molecule has 0 atom stereocenters. The third kappa shape index (κ3) is 2.75. The lowest BCUT2D eigenvalue weighted by Gasteiger charge is -2.06. The van der Waals surface area contributed by atoms with Crippen LogP contribution in [0.15, 0.2) is 67.3 Å². The number of hydrogen-bond donors (Lipinski definition) is 0. The van der Waals surface area contributed by atoms with Crippen LogP contribution in [0, 0.1) is 0 Å². The first-order chi connectivity index (χ1) is 9.38. The maximum Gasteiger partial charge on any atom is 0.114 e. The lowest BCUT2D eigenvalue weighted by atomic mass is 10.1. The first-order valence-corrected chi connectivity index (χ1v) is 6.47. The third-order valence-electron chi connectivity index (χ3n) is 3.25. The van der Waals surface area contributed by atoms with Crippen molar-refractivity contribution in [2.75, 3.05) is 0 Å². The standard InChI is InChI=1S/C17H16N2.ClH/c1-2-12-19-16-11-7-6-10-15(16)18-17(19)13-14-8-4-3-5-9-14;/h2-11H,1,12-13H2;1H. The van der Waals surface area contributed by atoms with Gasteiger partial charge in [-0.2, -0.15) is 0 Å². The molecule has 20 heavy (non-hydrogen) atoms. The number of fused-ring (bicyclic) bond motifs is 1. The Bertz CT molecular complexity index is 701. The fourth-order valence-electron chi connectivity index (χ4n) is 2.37. The van der Waals surface area contributed by atoms with Crippen molar-refractivity contribution in [3.05, 3.63) is 78.6 Å². The van der Waals surface area contributed by atoms with Crippen molar-refractivity contribution in [2.24, 2.45) is 0 Å². The van der Waals surface area contributed by atoms with Crippen LogP contribution in [0.3, 0.4) is 0 Å². The van der Waals surface area contributed by atoms with Gasteiger partial charge in [0, 0.05) is 13.0 Å². The molecule has 2 aromatic carbocycles. The van der Waals surface area contributed by atoms with Crippen molar-refractivity contribution in [3.63, 3.8) is 0 Å². The number of halogens is 1. The highest BCUT2D eigenvalue weighted by molar-refractivity contribution is 5.85. The van der Waals surface area contributed by atoms with Crippen LogP contribution in [0.5, 0.6) is 0 Å². The Balaban J connectivity index is 0.00000147. The van der Waals surface area contributed by atoms with E-state index in [9.17, 15) is 0 Å². The van der Waals surface area contributed by atoms with Gasteiger partial charge in [0.1, 0.15) is 5.82 Å². The molecule has 0 spiro atoms. The van der Waals surface area contributed by atoms with Crippen molar-refractivity contribution in [1.29, 1.82) is 0 Å². The van der Waals surface area contributed by atoms with Gasteiger partial charge in [0.25, 0.3) is 0 Å². The molecule has 0 aliphatic heterocycles. The van der Waals surface area contributed by atoms with Crippen LogP contribution in [-0.4, -0.2) is 9.55 Å². The molecule has 0 N–H and O–H groups in total. The van der Waals surface area contributed by atoms with E-state index in [1.165, 1.54) is 11.1 Å².